The van der Waals surface area contributed by atoms with Crippen molar-refractivity contribution >= 4 is 8.80 Å². The van der Waals surface area contributed by atoms with Gasteiger partial charge in [0.05, 0.1) is 14.1 Å². The van der Waals surface area contributed by atoms with Crippen LogP contribution in [0.4, 0.5) is 0 Å². The van der Waals surface area contributed by atoms with E-state index in [1.165, 1.54) is 77.0 Å². The smallest absolute Gasteiger partial charge is 0.0999 e. The van der Waals surface area contributed by atoms with Gasteiger partial charge in [0.25, 0.3) is 0 Å². The molecule has 2 aliphatic carbocycles. The number of nitrogens with two attached hydrogens (primary N) is 1. The highest BCUT2D eigenvalue weighted by Gasteiger charge is 2.47. The topological polar surface area (TPSA) is 35.2 Å². The van der Waals surface area contributed by atoms with Gasteiger partial charge in [-0.15, -0.1) is 0 Å². The molecule has 3 fully saturated rings. The largest absolute Gasteiger partial charge is 0.365 e. The van der Waals surface area contributed by atoms with Crippen LogP contribution in [0.5, 0.6) is 0 Å². The van der Waals surface area contributed by atoms with Crippen LogP contribution in [0.2, 0.25) is 11.1 Å². The Kier molecular flexibility index (Phi) is 5.22. The van der Waals surface area contributed by atoms with Crippen LogP contribution in [0.1, 0.15) is 83.5 Å². The standard InChI is InChI=1S/C17H33NOSi/c18-17(13-7-8-14-19-17)20(15-9-3-1-4-10-15)16-11-5-2-6-12-16/h15-16,20H,1-14,18H2. The lowest BCUT2D eigenvalue weighted by molar-refractivity contribution is -0.0220. The van der Waals surface area contributed by atoms with Crippen molar-refractivity contribution in [3.8, 4) is 0 Å². The second-order valence-electron chi connectivity index (χ2n) is 7.58. The van der Waals surface area contributed by atoms with Gasteiger partial charge < -0.3 is 10.5 Å². The maximum atomic E-state index is 6.90. The van der Waals surface area contributed by atoms with Gasteiger partial charge in [0.2, 0.25) is 0 Å². The van der Waals surface area contributed by atoms with Crippen molar-refractivity contribution in [3.05, 3.63) is 0 Å². The molecule has 0 aromatic carbocycles. The van der Waals surface area contributed by atoms with Crippen molar-refractivity contribution < 1.29 is 4.74 Å². The molecule has 1 heterocycles. The molecule has 0 spiro atoms. The van der Waals surface area contributed by atoms with Gasteiger partial charge in [0.1, 0.15) is 0 Å². The normalized spacial score (nSPS) is 34.5. The van der Waals surface area contributed by atoms with Gasteiger partial charge in [-0.1, -0.05) is 64.2 Å². The first-order valence-corrected chi connectivity index (χ1v) is 11.1. The third kappa shape index (κ3) is 3.31. The molecular weight excluding hydrogens is 262 g/mol. The highest BCUT2D eigenvalue weighted by atomic mass is 28.3. The average Bonchev–Trinajstić information content (AvgIpc) is 2.50. The molecule has 2 saturated carbocycles. The summed E-state index contributed by atoms with van der Waals surface area (Å²) in [5.74, 6) is 0. The summed E-state index contributed by atoms with van der Waals surface area (Å²) in [6.45, 7) is 0.930. The van der Waals surface area contributed by atoms with Crippen molar-refractivity contribution in [3.63, 3.8) is 0 Å². The second-order valence-corrected chi connectivity index (χ2v) is 11.5. The predicted molar refractivity (Wildman–Crippen MR) is 87.5 cm³/mol. The summed E-state index contributed by atoms with van der Waals surface area (Å²) in [6.07, 6.45) is 18.3. The molecule has 1 unspecified atom stereocenters. The van der Waals surface area contributed by atoms with E-state index in [0.29, 0.717) is 0 Å². The van der Waals surface area contributed by atoms with Crippen molar-refractivity contribution in [2.45, 2.75) is 99.9 Å². The second kappa shape index (κ2) is 6.93. The van der Waals surface area contributed by atoms with Gasteiger partial charge in [-0.05, 0) is 30.3 Å². The van der Waals surface area contributed by atoms with Crippen molar-refractivity contribution in [2.24, 2.45) is 5.73 Å². The molecule has 2 nitrogen and oxygen atoms in total. The van der Waals surface area contributed by atoms with E-state index >= 15 is 0 Å². The van der Waals surface area contributed by atoms with Gasteiger partial charge in [-0.3, -0.25) is 0 Å². The minimum absolute atomic E-state index is 0.151. The first-order valence-electron chi connectivity index (χ1n) is 9.22. The van der Waals surface area contributed by atoms with Crippen LogP contribution in [0.3, 0.4) is 0 Å². The van der Waals surface area contributed by atoms with Crippen LogP contribution in [0.25, 0.3) is 0 Å². The molecule has 1 atom stereocenters. The van der Waals surface area contributed by atoms with Gasteiger partial charge in [-0.25, -0.2) is 0 Å². The van der Waals surface area contributed by atoms with E-state index < -0.39 is 8.80 Å². The average molecular weight is 296 g/mol. The van der Waals surface area contributed by atoms with Crippen LogP contribution >= 0.6 is 0 Å². The Morgan fingerprint density at radius 2 is 1.30 bits per heavy atom. The molecule has 3 rings (SSSR count). The number of hydrogen-bond donors (Lipinski definition) is 1. The zero-order valence-corrected chi connectivity index (χ0v) is 14.3. The van der Waals surface area contributed by atoms with E-state index in [9.17, 15) is 0 Å². The van der Waals surface area contributed by atoms with E-state index in [1.807, 2.05) is 0 Å². The number of ether oxygens (including phenoxy) is 1. The van der Waals surface area contributed by atoms with E-state index in [-0.39, 0.29) is 5.35 Å². The van der Waals surface area contributed by atoms with Crippen molar-refractivity contribution in [1.82, 2.24) is 0 Å². The molecular formula is C17H33NOSi. The van der Waals surface area contributed by atoms with Crippen LogP contribution in [-0.4, -0.2) is 20.8 Å². The predicted octanol–water partition coefficient (Wildman–Crippen LogP) is 4.28. The molecule has 1 aliphatic heterocycles. The highest BCUT2D eigenvalue weighted by molar-refractivity contribution is 6.65. The molecule has 1 saturated heterocycles. The van der Waals surface area contributed by atoms with E-state index in [4.69, 9.17) is 10.5 Å². The zero-order chi connectivity index (χ0) is 13.8. The quantitative estimate of drug-likeness (QED) is 0.789. The Labute approximate surface area is 126 Å². The Morgan fingerprint density at radius 3 is 1.75 bits per heavy atom. The van der Waals surface area contributed by atoms with Crippen LogP contribution in [0.15, 0.2) is 0 Å². The zero-order valence-electron chi connectivity index (χ0n) is 13.1. The van der Waals surface area contributed by atoms with Gasteiger partial charge in [-0.2, -0.15) is 0 Å². The maximum absolute atomic E-state index is 6.90. The van der Waals surface area contributed by atoms with Crippen LogP contribution in [-0.2, 0) is 4.74 Å². The lowest BCUT2D eigenvalue weighted by Gasteiger charge is -2.48. The third-order valence-corrected chi connectivity index (χ3v) is 11.2. The Balaban J connectivity index is 1.77. The van der Waals surface area contributed by atoms with Gasteiger partial charge in [0.15, 0.2) is 0 Å². The molecule has 116 valence electrons. The molecule has 0 bridgehead atoms. The fourth-order valence-corrected chi connectivity index (χ4v) is 10.9. The molecule has 0 radical (unpaired) electrons. The van der Waals surface area contributed by atoms with Gasteiger partial charge >= 0.3 is 0 Å². The highest BCUT2D eigenvalue weighted by Crippen LogP contribution is 2.46. The summed E-state index contributed by atoms with van der Waals surface area (Å²) in [5, 5.41) is -0.151. The fraction of sp³-hybridized carbons (Fsp3) is 1.00. The Bertz CT molecular complexity index is 273. The molecule has 0 aromatic heterocycles. The lowest BCUT2D eigenvalue weighted by Crippen LogP contribution is -2.61. The number of hydrogen-bond acceptors (Lipinski definition) is 2. The van der Waals surface area contributed by atoms with Crippen molar-refractivity contribution in [1.29, 1.82) is 0 Å². The molecule has 3 heteroatoms. The third-order valence-electron chi connectivity index (χ3n) is 6.21. The minimum atomic E-state index is -1.04. The van der Waals surface area contributed by atoms with Crippen molar-refractivity contribution in [2.75, 3.05) is 6.61 Å². The molecule has 0 aromatic rings. The lowest BCUT2D eigenvalue weighted by atomic mass is 9.99. The fourth-order valence-electron chi connectivity index (χ4n) is 5.27. The minimum Gasteiger partial charge on any atom is -0.365 e. The number of rotatable bonds is 3. The summed E-state index contributed by atoms with van der Waals surface area (Å²) < 4.78 is 6.27. The summed E-state index contributed by atoms with van der Waals surface area (Å²) in [4.78, 5) is 0. The molecule has 0 amide bonds. The SMILES string of the molecule is NC1([SiH](C2CCCCC2)C2CCCCC2)CCCCO1. The summed E-state index contributed by atoms with van der Waals surface area (Å²) in [6, 6.07) is 0. The molecule has 20 heavy (non-hydrogen) atoms. The maximum Gasteiger partial charge on any atom is 0.0999 e. The van der Waals surface area contributed by atoms with E-state index in [1.54, 1.807) is 0 Å². The van der Waals surface area contributed by atoms with E-state index in [0.717, 1.165) is 24.1 Å². The first-order chi connectivity index (χ1) is 9.80. The Morgan fingerprint density at radius 1 is 0.750 bits per heavy atom. The molecule has 3 aliphatic rings. The van der Waals surface area contributed by atoms with Gasteiger partial charge in [0, 0.05) is 6.61 Å². The summed E-state index contributed by atoms with van der Waals surface area (Å²) in [5.41, 5.74) is 8.87. The monoisotopic (exact) mass is 295 g/mol. The summed E-state index contributed by atoms with van der Waals surface area (Å²) >= 11 is 0. The first kappa shape index (κ1) is 15.0. The van der Waals surface area contributed by atoms with E-state index in [2.05, 4.69) is 0 Å². The van der Waals surface area contributed by atoms with Crippen LogP contribution in [0, 0.1) is 0 Å². The Hall–Kier alpha value is 0.137. The van der Waals surface area contributed by atoms with Crippen LogP contribution < -0.4 is 5.73 Å². The summed E-state index contributed by atoms with van der Waals surface area (Å²) in [7, 11) is -1.04. The molecule has 2 N–H and O–H groups in total.